The average Bonchev–Trinajstić information content (AvgIpc) is 2.04. The van der Waals surface area contributed by atoms with Crippen molar-refractivity contribution in [2.45, 2.75) is 52.4 Å². The summed E-state index contributed by atoms with van der Waals surface area (Å²) in [4.78, 5) is 0. The Hall–Kier alpha value is 0.290. The second-order valence-electron chi connectivity index (χ2n) is 3.46. The van der Waals surface area contributed by atoms with E-state index in [0.717, 1.165) is 11.8 Å². The normalized spacial score (nSPS) is 13.4. The molecule has 1 heteroatoms. The Morgan fingerprint density at radius 1 is 1.09 bits per heavy atom. The molecular weight excluding hydrogens is 156 g/mol. The van der Waals surface area contributed by atoms with Gasteiger partial charge in [-0.3, -0.25) is 0 Å². The summed E-state index contributed by atoms with van der Waals surface area (Å²) in [6.07, 6.45) is 8.22. The van der Waals surface area contributed by atoms with Gasteiger partial charge in [-0.05, 0) is 12.3 Å². The van der Waals surface area contributed by atoms with Gasteiger partial charge in [-0.1, -0.05) is 46.0 Å². The van der Waals surface area contributed by atoms with Crippen molar-refractivity contribution in [3.63, 3.8) is 0 Å². The first-order chi connectivity index (χ1) is 5.31. The lowest BCUT2D eigenvalue weighted by atomic mass is 10.0. The van der Waals surface area contributed by atoms with E-state index in [-0.39, 0.29) is 0 Å². The van der Waals surface area contributed by atoms with E-state index < -0.39 is 0 Å². The van der Waals surface area contributed by atoms with Crippen LogP contribution < -0.4 is 0 Å². The van der Waals surface area contributed by atoms with E-state index in [1.165, 1.54) is 38.5 Å². The molecule has 0 aliphatic carbocycles. The Labute approximate surface area is 76.3 Å². The molecule has 0 saturated carbocycles. The SMILES string of the molecule is CCCCCCC[C@H](C)CCl. The van der Waals surface area contributed by atoms with E-state index in [0.29, 0.717) is 0 Å². The highest BCUT2D eigenvalue weighted by Gasteiger charge is 1.98. The van der Waals surface area contributed by atoms with Crippen LogP contribution in [0.15, 0.2) is 0 Å². The molecule has 0 bridgehead atoms. The Balaban J connectivity index is 2.89. The summed E-state index contributed by atoms with van der Waals surface area (Å²) < 4.78 is 0. The monoisotopic (exact) mass is 176 g/mol. The maximum Gasteiger partial charge on any atom is 0.0249 e. The minimum absolute atomic E-state index is 0.721. The number of halogens is 1. The largest absolute Gasteiger partial charge is 0.126 e. The summed E-state index contributed by atoms with van der Waals surface area (Å²) in [6, 6.07) is 0. The van der Waals surface area contributed by atoms with Crippen molar-refractivity contribution in [1.29, 1.82) is 0 Å². The van der Waals surface area contributed by atoms with Crippen LogP contribution >= 0.6 is 11.6 Å². The van der Waals surface area contributed by atoms with Gasteiger partial charge in [0.2, 0.25) is 0 Å². The van der Waals surface area contributed by atoms with Gasteiger partial charge in [0.05, 0.1) is 0 Å². The molecule has 0 saturated heterocycles. The molecule has 0 fully saturated rings. The molecule has 0 rings (SSSR count). The zero-order chi connectivity index (χ0) is 8.53. The summed E-state index contributed by atoms with van der Waals surface area (Å²) in [5.74, 6) is 1.55. The van der Waals surface area contributed by atoms with Crippen LogP contribution in [0, 0.1) is 5.92 Å². The molecule has 0 unspecified atom stereocenters. The quantitative estimate of drug-likeness (QED) is 0.403. The van der Waals surface area contributed by atoms with E-state index in [4.69, 9.17) is 11.6 Å². The molecule has 0 aromatic rings. The highest BCUT2D eigenvalue weighted by atomic mass is 35.5. The Morgan fingerprint density at radius 2 is 1.73 bits per heavy atom. The van der Waals surface area contributed by atoms with Gasteiger partial charge in [-0.2, -0.15) is 0 Å². The number of rotatable bonds is 7. The fourth-order valence-electron chi connectivity index (χ4n) is 1.17. The zero-order valence-corrected chi connectivity index (χ0v) is 8.66. The van der Waals surface area contributed by atoms with Crippen LogP contribution in [0.25, 0.3) is 0 Å². The minimum atomic E-state index is 0.721. The first kappa shape index (κ1) is 11.3. The number of hydrogen-bond acceptors (Lipinski definition) is 0. The lowest BCUT2D eigenvalue weighted by Gasteiger charge is -2.05. The Bertz CT molecular complexity index is 71.3. The number of alkyl halides is 1. The van der Waals surface area contributed by atoms with Crippen molar-refractivity contribution in [2.24, 2.45) is 5.92 Å². The van der Waals surface area contributed by atoms with E-state index >= 15 is 0 Å². The van der Waals surface area contributed by atoms with E-state index in [2.05, 4.69) is 13.8 Å². The molecule has 0 spiro atoms. The third-order valence-electron chi connectivity index (χ3n) is 2.06. The molecule has 0 radical (unpaired) electrons. The smallest absolute Gasteiger partial charge is 0.0249 e. The van der Waals surface area contributed by atoms with Gasteiger partial charge < -0.3 is 0 Å². The van der Waals surface area contributed by atoms with Crippen LogP contribution in [-0.2, 0) is 0 Å². The van der Waals surface area contributed by atoms with Crippen LogP contribution in [0.1, 0.15) is 52.4 Å². The predicted molar refractivity (Wildman–Crippen MR) is 53.3 cm³/mol. The standard InChI is InChI=1S/C10H21Cl/c1-3-4-5-6-7-8-10(2)9-11/h10H,3-9H2,1-2H3/t10-/m0/s1. The van der Waals surface area contributed by atoms with Crippen molar-refractivity contribution in [3.8, 4) is 0 Å². The molecule has 0 aliphatic heterocycles. The van der Waals surface area contributed by atoms with Crippen LogP contribution in [-0.4, -0.2) is 5.88 Å². The zero-order valence-electron chi connectivity index (χ0n) is 7.91. The third kappa shape index (κ3) is 8.19. The predicted octanol–water partition coefficient (Wildman–Crippen LogP) is 4.22. The molecule has 0 aliphatic rings. The van der Waals surface area contributed by atoms with Crippen LogP contribution in [0.3, 0.4) is 0 Å². The second kappa shape index (κ2) is 8.39. The summed E-state index contributed by atoms with van der Waals surface area (Å²) >= 11 is 5.69. The third-order valence-corrected chi connectivity index (χ3v) is 2.59. The fraction of sp³-hybridized carbons (Fsp3) is 1.00. The maximum absolute atomic E-state index is 5.69. The molecule has 68 valence electrons. The van der Waals surface area contributed by atoms with Gasteiger partial charge in [0.25, 0.3) is 0 Å². The number of unbranched alkanes of at least 4 members (excludes halogenated alkanes) is 4. The summed E-state index contributed by atoms with van der Waals surface area (Å²) in [5, 5.41) is 0. The van der Waals surface area contributed by atoms with Crippen molar-refractivity contribution in [2.75, 3.05) is 5.88 Å². The molecule has 0 N–H and O–H groups in total. The van der Waals surface area contributed by atoms with E-state index in [9.17, 15) is 0 Å². The van der Waals surface area contributed by atoms with Crippen molar-refractivity contribution >= 4 is 11.6 Å². The lowest BCUT2D eigenvalue weighted by molar-refractivity contribution is 0.522. The number of hydrogen-bond donors (Lipinski definition) is 0. The van der Waals surface area contributed by atoms with E-state index in [1.807, 2.05) is 0 Å². The molecule has 11 heavy (non-hydrogen) atoms. The highest BCUT2D eigenvalue weighted by Crippen LogP contribution is 2.11. The molecule has 0 aromatic heterocycles. The minimum Gasteiger partial charge on any atom is -0.126 e. The summed E-state index contributed by atoms with van der Waals surface area (Å²) in [7, 11) is 0. The maximum atomic E-state index is 5.69. The highest BCUT2D eigenvalue weighted by molar-refractivity contribution is 6.18. The molecule has 0 amide bonds. The molecule has 0 nitrogen and oxygen atoms in total. The molecule has 0 heterocycles. The van der Waals surface area contributed by atoms with Crippen molar-refractivity contribution < 1.29 is 0 Å². The van der Waals surface area contributed by atoms with Gasteiger partial charge in [0.15, 0.2) is 0 Å². The first-order valence-corrected chi connectivity index (χ1v) is 5.40. The Morgan fingerprint density at radius 3 is 2.27 bits per heavy atom. The topological polar surface area (TPSA) is 0 Å². The van der Waals surface area contributed by atoms with Gasteiger partial charge in [-0.15, -0.1) is 11.6 Å². The Kier molecular flexibility index (Phi) is 8.61. The van der Waals surface area contributed by atoms with Crippen LogP contribution in [0.4, 0.5) is 0 Å². The molecule has 0 aromatic carbocycles. The average molecular weight is 177 g/mol. The van der Waals surface area contributed by atoms with Crippen LogP contribution in [0.2, 0.25) is 0 Å². The summed E-state index contributed by atoms with van der Waals surface area (Å²) in [5.41, 5.74) is 0. The van der Waals surface area contributed by atoms with Crippen molar-refractivity contribution in [1.82, 2.24) is 0 Å². The van der Waals surface area contributed by atoms with Gasteiger partial charge in [0, 0.05) is 5.88 Å². The van der Waals surface area contributed by atoms with Gasteiger partial charge >= 0.3 is 0 Å². The van der Waals surface area contributed by atoms with E-state index in [1.54, 1.807) is 0 Å². The lowest BCUT2D eigenvalue weighted by Crippen LogP contribution is -1.95. The summed E-state index contributed by atoms with van der Waals surface area (Å²) in [6.45, 7) is 4.48. The molecular formula is C10H21Cl. The first-order valence-electron chi connectivity index (χ1n) is 4.87. The van der Waals surface area contributed by atoms with Gasteiger partial charge in [0.1, 0.15) is 0 Å². The van der Waals surface area contributed by atoms with Crippen molar-refractivity contribution in [3.05, 3.63) is 0 Å². The fourth-order valence-corrected chi connectivity index (χ4v) is 1.33. The van der Waals surface area contributed by atoms with Crippen LogP contribution in [0.5, 0.6) is 0 Å². The molecule has 1 atom stereocenters. The second-order valence-corrected chi connectivity index (χ2v) is 3.77. The van der Waals surface area contributed by atoms with Gasteiger partial charge in [-0.25, -0.2) is 0 Å².